The zero-order valence-electron chi connectivity index (χ0n) is 9.66. The van der Waals surface area contributed by atoms with Crippen LogP contribution in [0.1, 0.15) is 5.56 Å². The summed E-state index contributed by atoms with van der Waals surface area (Å²) in [5.74, 6) is 0.980. The number of nitrogens with zero attached hydrogens (tertiary/aromatic N) is 1. The van der Waals surface area contributed by atoms with Gasteiger partial charge in [-0.25, -0.2) is 0 Å². The average Bonchev–Trinajstić information content (AvgIpc) is 2.49. The summed E-state index contributed by atoms with van der Waals surface area (Å²) in [6.07, 6.45) is 2.50. The van der Waals surface area contributed by atoms with Crippen molar-refractivity contribution in [1.82, 2.24) is 9.88 Å². The Balaban J connectivity index is 1.97. The fraction of sp³-hybridized carbons (Fsp3) is 0.385. The molecule has 1 aliphatic rings. The minimum Gasteiger partial charge on any atom is -0.488 e. The number of rotatable bonds is 2. The van der Waals surface area contributed by atoms with Crippen molar-refractivity contribution in [1.29, 1.82) is 0 Å². The molecule has 0 atom stereocenters. The molecule has 0 aliphatic carbocycles. The summed E-state index contributed by atoms with van der Waals surface area (Å²) in [6, 6.07) is 6.33. The zero-order chi connectivity index (χ0) is 11.1. The number of fused-ring (bicyclic) bond motifs is 1. The lowest BCUT2D eigenvalue weighted by atomic mass is 10.2. The molecular formula is C13H16N2O. The molecule has 1 fully saturated rings. The highest BCUT2D eigenvalue weighted by Crippen LogP contribution is 2.25. The number of aromatic nitrogens is 1. The molecule has 0 spiro atoms. The van der Waals surface area contributed by atoms with Crippen LogP contribution in [0.4, 0.5) is 0 Å². The van der Waals surface area contributed by atoms with Crippen molar-refractivity contribution in [2.45, 2.75) is 13.0 Å². The van der Waals surface area contributed by atoms with Gasteiger partial charge >= 0.3 is 0 Å². The van der Waals surface area contributed by atoms with Gasteiger partial charge in [0.05, 0.1) is 0 Å². The molecule has 1 aromatic heterocycles. The Labute approximate surface area is 95.0 Å². The van der Waals surface area contributed by atoms with Gasteiger partial charge in [0.2, 0.25) is 0 Å². The Morgan fingerprint density at radius 2 is 2.19 bits per heavy atom. The predicted octanol–water partition coefficient (Wildman–Crippen LogP) is 1.84. The molecular weight excluding hydrogens is 200 g/mol. The fourth-order valence-corrected chi connectivity index (χ4v) is 2.18. The summed E-state index contributed by atoms with van der Waals surface area (Å²) in [4.78, 5) is 0. The summed E-state index contributed by atoms with van der Waals surface area (Å²) in [5, 5.41) is 4.49. The van der Waals surface area contributed by atoms with Gasteiger partial charge in [0, 0.05) is 37.2 Å². The van der Waals surface area contributed by atoms with Crippen molar-refractivity contribution in [2.75, 3.05) is 13.1 Å². The van der Waals surface area contributed by atoms with Gasteiger partial charge in [-0.1, -0.05) is 0 Å². The van der Waals surface area contributed by atoms with E-state index in [9.17, 15) is 0 Å². The molecule has 1 aliphatic heterocycles. The molecule has 3 heteroatoms. The summed E-state index contributed by atoms with van der Waals surface area (Å²) >= 11 is 0. The highest BCUT2D eigenvalue weighted by Gasteiger charge is 2.18. The van der Waals surface area contributed by atoms with E-state index in [-0.39, 0.29) is 0 Å². The Morgan fingerprint density at radius 3 is 2.88 bits per heavy atom. The highest BCUT2D eigenvalue weighted by molar-refractivity contribution is 5.85. The Hall–Kier alpha value is -1.48. The second-order valence-corrected chi connectivity index (χ2v) is 4.50. The number of benzene rings is 1. The second kappa shape index (κ2) is 3.52. The number of nitrogens with one attached hydrogen (secondary N) is 1. The van der Waals surface area contributed by atoms with Crippen LogP contribution in [0, 0.1) is 6.92 Å². The fourth-order valence-electron chi connectivity index (χ4n) is 2.18. The molecule has 0 radical (unpaired) electrons. The quantitative estimate of drug-likeness (QED) is 0.829. The molecule has 1 saturated heterocycles. The molecule has 16 heavy (non-hydrogen) atoms. The van der Waals surface area contributed by atoms with Crippen LogP contribution in [0.5, 0.6) is 5.75 Å². The van der Waals surface area contributed by atoms with E-state index >= 15 is 0 Å². The lowest BCUT2D eigenvalue weighted by Gasteiger charge is -2.27. The van der Waals surface area contributed by atoms with E-state index in [0.717, 1.165) is 18.8 Å². The van der Waals surface area contributed by atoms with Gasteiger partial charge in [-0.05, 0) is 30.7 Å². The van der Waals surface area contributed by atoms with Crippen molar-refractivity contribution >= 4 is 10.9 Å². The molecule has 1 aromatic carbocycles. The first-order valence-electron chi connectivity index (χ1n) is 5.67. The van der Waals surface area contributed by atoms with Gasteiger partial charge in [-0.2, -0.15) is 0 Å². The van der Waals surface area contributed by atoms with E-state index in [0.29, 0.717) is 6.10 Å². The molecule has 3 nitrogen and oxygen atoms in total. The summed E-state index contributed by atoms with van der Waals surface area (Å²) in [7, 11) is 2.08. The van der Waals surface area contributed by atoms with E-state index in [2.05, 4.69) is 48.3 Å². The number of ether oxygens (including phenoxy) is 1. The SMILES string of the molecule is Cc1cn(C)c2ccc(OC3CNC3)cc12. The standard InChI is InChI=1S/C13H16N2O/c1-9-8-15(2)13-4-3-10(5-12(9)13)16-11-6-14-7-11/h3-5,8,11,14H,6-7H2,1-2H3. The van der Waals surface area contributed by atoms with Gasteiger partial charge in [0.25, 0.3) is 0 Å². The van der Waals surface area contributed by atoms with E-state index in [1.165, 1.54) is 16.5 Å². The van der Waals surface area contributed by atoms with E-state index in [1.54, 1.807) is 0 Å². The summed E-state index contributed by atoms with van der Waals surface area (Å²) < 4.78 is 8.00. The molecule has 84 valence electrons. The number of hydrogen-bond donors (Lipinski definition) is 1. The third-order valence-corrected chi connectivity index (χ3v) is 3.21. The van der Waals surface area contributed by atoms with Crippen LogP contribution in [0.25, 0.3) is 10.9 Å². The Bertz CT molecular complexity index is 526. The maximum Gasteiger partial charge on any atom is 0.123 e. The molecule has 2 aromatic rings. The van der Waals surface area contributed by atoms with Gasteiger partial charge in [-0.3, -0.25) is 0 Å². The molecule has 0 bridgehead atoms. The average molecular weight is 216 g/mol. The monoisotopic (exact) mass is 216 g/mol. The van der Waals surface area contributed by atoms with Crippen LogP contribution in [-0.4, -0.2) is 23.8 Å². The first-order valence-corrected chi connectivity index (χ1v) is 5.67. The third-order valence-electron chi connectivity index (χ3n) is 3.21. The molecule has 0 amide bonds. The maximum absolute atomic E-state index is 5.85. The van der Waals surface area contributed by atoms with E-state index in [1.807, 2.05) is 0 Å². The normalized spacial score (nSPS) is 16.4. The lowest BCUT2D eigenvalue weighted by Crippen LogP contribution is -2.50. The predicted molar refractivity (Wildman–Crippen MR) is 64.9 cm³/mol. The summed E-state index contributed by atoms with van der Waals surface area (Å²) in [6.45, 7) is 4.06. The van der Waals surface area contributed by atoms with Gasteiger partial charge < -0.3 is 14.6 Å². The lowest BCUT2D eigenvalue weighted by molar-refractivity contribution is 0.142. The minimum absolute atomic E-state index is 0.349. The number of aryl methyl sites for hydroxylation is 2. The molecule has 2 heterocycles. The smallest absolute Gasteiger partial charge is 0.123 e. The zero-order valence-corrected chi connectivity index (χ0v) is 9.66. The van der Waals surface area contributed by atoms with Gasteiger partial charge in [-0.15, -0.1) is 0 Å². The molecule has 0 saturated carbocycles. The van der Waals surface area contributed by atoms with Crippen molar-refractivity contribution in [3.05, 3.63) is 30.0 Å². The Kier molecular flexibility index (Phi) is 2.14. The van der Waals surface area contributed by atoms with Crippen molar-refractivity contribution in [3.63, 3.8) is 0 Å². The van der Waals surface area contributed by atoms with Crippen molar-refractivity contribution in [3.8, 4) is 5.75 Å². The highest BCUT2D eigenvalue weighted by atomic mass is 16.5. The summed E-state index contributed by atoms with van der Waals surface area (Å²) in [5.41, 5.74) is 2.56. The van der Waals surface area contributed by atoms with Crippen LogP contribution >= 0.6 is 0 Å². The minimum atomic E-state index is 0.349. The largest absolute Gasteiger partial charge is 0.488 e. The van der Waals surface area contributed by atoms with Gasteiger partial charge in [0.15, 0.2) is 0 Å². The van der Waals surface area contributed by atoms with Crippen molar-refractivity contribution < 1.29 is 4.74 Å². The van der Waals surface area contributed by atoms with Crippen LogP contribution in [0.2, 0.25) is 0 Å². The van der Waals surface area contributed by atoms with Crippen LogP contribution in [0.3, 0.4) is 0 Å². The first-order chi connectivity index (χ1) is 7.74. The van der Waals surface area contributed by atoms with Crippen molar-refractivity contribution in [2.24, 2.45) is 7.05 Å². The van der Waals surface area contributed by atoms with E-state index in [4.69, 9.17) is 4.74 Å². The Morgan fingerprint density at radius 1 is 1.38 bits per heavy atom. The number of hydrogen-bond acceptors (Lipinski definition) is 2. The van der Waals surface area contributed by atoms with Crippen LogP contribution in [0.15, 0.2) is 24.4 Å². The third kappa shape index (κ3) is 1.48. The molecule has 0 unspecified atom stereocenters. The van der Waals surface area contributed by atoms with Crippen LogP contribution in [-0.2, 0) is 7.05 Å². The molecule has 3 rings (SSSR count). The topological polar surface area (TPSA) is 26.2 Å². The van der Waals surface area contributed by atoms with Crippen LogP contribution < -0.4 is 10.1 Å². The van der Waals surface area contributed by atoms with E-state index < -0.39 is 0 Å². The maximum atomic E-state index is 5.85. The second-order valence-electron chi connectivity index (χ2n) is 4.50. The van der Waals surface area contributed by atoms with Gasteiger partial charge in [0.1, 0.15) is 11.9 Å². The first kappa shape index (κ1) is 9.73. The molecule has 1 N–H and O–H groups in total.